The van der Waals surface area contributed by atoms with Crippen LogP contribution >= 0.6 is 0 Å². The van der Waals surface area contributed by atoms with Crippen LogP contribution in [0.3, 0.4) is 0 Å². The van der Waals surface area contributed by atoms with E-state index in [2.05, 4.69) is 50.0 Å². The summed E-state index contributed by atoms with van der Waals surface area (Å²) in [6, 6.07) is 20.5. The summed E-state index contributed by atoms with van der Waals surface area (Å²) in [6.45, 7) is 12.3. The number of benzene rings is 2. The van der Waals surface area contributed by atoms with E-state index in [4.69, 9.17) is 5.10 Å². The third-order valence-corrected chi connectivity index (χ3v) is 5.27. The number of hydrogen-bond donors (Lipinski definition) is 1. The number of nitrogens with one attached hydrogen (secondary N) is 1. The van der Waals surface area contributed by atoms with E-state index in [9.17, 15) is 4.79 Å². The second-order valence-corrected chi connectivity index (χ2v) is 8.20. The lowest BCUT2D eigenvalue weighted by Crippen LogP contribution is -2.22. The van der Waals surface area contributed by atoms with Gasteiger partial charge in [0.15, 0.2) is 5.82 Å². The van der Waals surface area contributed by atoms with E-state index in [0.717, 1.165) is 28.9 Å². The Morgan fingerprint density at radius 2 is 1.83 bits per heavy atom. The minimum atomic E-state index is -0.0999. The third-order valence-electron chi connectivity index (χ3n) is 5.27. The molecule has 1 atom stereocenters. The number of rotatable bonds is 8. The number of allylic oxidation sites excluding steroid dienone is 1. The molecule has 0 saturated carbocycles. The number of amides is 1. The van der Waals surface area contributed by atoms with Crippen LogP contribution in [0, 0.1) is 5.92 Å². The molecule has 1 heterocycles. The molecule has 0 radical (unpaired) electrons. The fourth-order valence-corrected chi connectivity index (χ4v) is 3.54. The monoisotopic (exact) mass is 401 g/mol. The SMILES string of the molecule is C=C(C)C[C@H](CC)C(=O)Nc1cc(-c2cccc(C(C)C)c2)n(-c2ccccc2)n1. The molecule has 0 aliphatic carbocycles. The molecule has 0 aliphatic heterocycles. The van der Waals surface area contributed by atoms with Crippen LogP contribution in [0.5, 0.6) is 0 Å². The first kappa shape index (κ1) is 21.6. The van der Waals surface area contributed by atoms with Gasteiger partial charge in [0.05, 0.1) is 11.4 Å². The van der Waals surface area contributed by atoms with Gasteiger partial charge in [0.25, 0.3) is 0 Å². The Morgan fingerprint density at radius 1 is 1.10 bits per heavy atom. The molecule has 156 valence electrons. The second kappa shape index (κ2) is 9.57. The number of hydrogen-bond acceptors (Lipinski definition) is 2. The molecule has 0 unspecified atom stereocenters. The summed E-state index contributed by atoms with van der Waals surface area (Å²) in [5, 5.41) is 7.75. The maximum Gasteiger partial charge on any atom is 0.228 e. The van der Waals surface area contributed by atoms with Crippen LogP contribution in [0.25, 0.3) is 16.9 Å². The van der Waals surface area contributed by atoms with Gasteiger partial charge in [-0.15, -0.1) is 11.7 Å². The summed E-state index contributed by atoms with van der Waals surface area (Å²) < 4.78 is 1.90. The van der Waals surface area contributed by atoms with Crippen molar-refractivity contribution in [3.63, 3.8) is 0 Å². The van der Waals surface area contributed by atoms with E-state index in [-0.39, 0.29) is 11.8 Å². The number of anilines is 1. The summed E-state index contributed by atoms with van der Waals surface area (Å²) in [7, 11) is 0. The number of carbonyl (C=O) groups excluding carboxylic acids is 1. The van der Waals surface area contributed by atoms with Crippen molar-refractivity contribution in [3.8, 4) is 16.9 Å². The van der Waals surface area contributed by atoms with Crippen molar-refractivity contribution >= 4 is 11.7 Å². The Hall–Kier alpha value is -3.14. The van der Waals surface area contributed by atoms with Crippen LogP contribution in [0.2, 0.25) is 0 Å². The van der Waals surface area contributed by atoms with Crippen molar-refractivity contribution in [2.45, 2.75) is 46.5 Å². The molecule has 0 bridgehead atoms. The van der Waals surface area contributed by atoms with Gasteiger partial charge in [0, 0.05) is 17.5 Å². The molecule has 3 aromatic rings. The smallest absolute Gasteiger partial charge is 0.228 e. The van der Waals surface area contributed by atoms with E-state index < -0.39 is 0 Å². The van der Waals surface area contributed by atoms with Crippen molar-refractivity contribution < 1.29 is 4.79 Å². The van der Waals surface area contributed by atoms with Gasteiger partial charge in [0.1, 0.15) is 0 Å². The van der Waals surface area contributed by atoms with E-state index in [1.807, 2.05) is 54.9 Å². The normalized spacial score (nSPS) is 12.0. The lowest BCUT2D eigenvalue weighted by atomic mass is 9.97. The van der Waals surface area contributed by atoms with E-state index in [1.54, 1.807) is 0 Å². The van der Waals surface area contributed by atoms with Gasteiger partial charge < -0.3 is 5.32 Å². The highest BCUT2D eigenvalue weighted by Gasteiger charge is 2.19. The van der Waals surface area contributed by atoms with E-state index in [1.165, 1.54) is 5.56 Å². The standard InChI is InChI=1S/C26H31N3O/c1-6-20(15-18(2)3)26(30)27-25-17-24(22-12-10-11-21(16-22)19(4)5)29(28-25)23-13-8-7-9-14-23/h7-14,16-17,19-20H,2,6,15H2,1,3-5H3,(H,27,28,30)/t20-/m0/s1. The van der Waals surface area contributed by atoms with Crippen LogP contribution < -0.4 is 5.32 Å². The molecular formula is C26H31N3O. The number of carbonyl (C=O) groups is 1. The maximum atomic E-state index is 12.8. The van der Waals surface area contributed by atoms with Crippen molar-refractivity contribution in [2.24, 2.45) is 5.92 Å². The Kier molecular flexibility index (Phi) is 6.88. The number of aromatic nitrogens is 2. The van der Waals surface area contributed by atoms with Gasteiger partial charge in [-0.25, -0.2) is 4.68 Å². The van der Waals surface area contributed by atoms with Crippen LogP contribution in [0.4, 0.5) is 5.82 Å². The highest BCUT2D eigenvalue weighted by atomic mass is 16.2. The molecule has 3 rings (SSSR count). The number of para-hydroxylation sites is 1. The third kappa shape index (κ3) is 5.07. The molecule has 4 nitrogen and oxygen atoms in total. The van der Waals surface area contributed by atoms with E-state index >= 15 is 0 Å². The average Bonchev–Trinajstić information content (AvgIpc) is 3.16. The zero-order valence-corrected chi connectivity index (χ0v) is 18.4. The van der Waals surface area contributed by atoms with Gasteiger partial charge in [0.2, 0.25) is 5.91 Å². The van der Waals surface area contributed by atoms with Crippen LogP contribution in [-0.4, -0.2) is 15.7 Å². The molecule has 0 saturated heterocycles. The highest BCUT2D eigenvalue weighted by molar-refractivity contribution is 5.92. The Morgan fingerprint density at radius 3 is 2.47 bits per heavy atom. The van der Waals surface area contributed by atoms with Gasteiger partial charge in [-0.05, 0) is 49.4 Å². The van der Waals surface area contributed by atoms with Crippen molar-refractivity contribution in [1.29, 1.82) is 0 Å². The Labute approximate surface area is 179 Å². The van der Waals surface area contributed by atoms with Gasteiger partial charge >= 0.3 is 0 Å². The summed E-state index contributed by atoms with van der Waals surface area (Å²) >= 11 is 0. The Balaban J connectivity index is 2.00. The predicted molar refractivity (Wildman–Crippen MR) is 125 cm³/mol. The first-order valence-electron chi connectivity index (χ1n) is 10.6. The maximum absolute atomic E-state index is 12.8. The quantitative estimate of drug-likeness (QED) is 0.433. The lowest BCUT2D eigenvalue weighted by molar-refractivity contribution is -0.119. The molecule has 1 amide bonds. The van der Waals surface area contributed by atoms with Crippen LogP contribution in [0.15, 0.2) is 72.8 Å². The summed E-state index contributed by atoms with van der Waals surface area (Å²) in [6.07, 6.45) is 1.45. The summed E-state index contributed by atoms with van der Waals surface area (Å²) in [4.78, 5) is 12.8. The second-order valence-electron chi connectivity index (χ2n) is 8.20. The Bertz CT molecular complexity index is 1020. The van der Waals surface area contributed by atoms with Crippen molar-refractivity contribution in [2.75, 3.05) is 5.32 Å². The van der Waals surface area contributed by atoms with Crippen LogP contribution in [0.1, 0.15) is 52.0 Å². The topological polar surface area (TPSA) is 46.9 Å². The molecule has 30 heavy (non-hydrogen) atoms. The van der Waals surface area contributed by atoms with Gasteiger partial charge in [-0.1, -0.05) is 62.7 Å². The zero-order chi connectivity index (χ0) is 21.7. The van der Waals surface area contributed by atoms with Crippen molar-refractivity contribution in [3.05, 3.63) is 78.4 Å². The lowest BCUT2D eigenvalue weighted by Gasteiger charge is -2.13. The molecule has 4 heteroatoms. The molecule has 0 spiro atoms. The predicted octanol–water partition coefficient (Wildman–Crippen LogP) is 6.59. The fraction of sp³-hybridized carbons (Fsp3) is 0.308. The minimum absolute atomic E-state index is 0.0132. The molecule has 2 aromatic carbocycles. The molecule has 0 aliphatic rings. The molecular weight excluding hydrogens is 370 g/mol. The van der Waals surface area contributed by atoms with Crippen molar-refractivity contribution in [1.82, 2.24) is 9.78 Å². The molecule has 1 aromatic heterocycles. The first-order valence-corrected chi connectivity index (χ1v) is 10.6. The molecule has 1 N–H and O–H groups in total. The first-order chi connectivity index (χ1) is 14.4. The summed E-state index contributed by atoms with van der Waals surface area (Å²) in [5.41, 5.74) is 5.26. The fourth-order valence-electron chi connectivity index (χ4n) is 3.54. The average molecular weight is 402 g/mol. The van der Waals surface area contributed by atoms with Gasteiger partial charge in [-0.2, -0.15) is 0 Å². The molecule has 0 fully saturated rings. The van der Waals surface area contributed by atoms with Gasteiger partial charge in [-0.3, -0.25) is 4.79 Å². The largest absolute Gasteiger partial charge is 0.309 e. The number of nitrogens with zero attached hydrogens (tertiary/aromatic N) is 2. The minimum Gasteiger partial charge on any atom is -0.309 e. The zero-order valence-electron chi connectivity index (χ0n) is 18.4. The van der Waals surface area contributed by atoms with E-state index in [0.29, 0.717) is 18.2 Å². The highest BCUT2D eigenvalue weighted by Crippen LogP contribution is 2.29. The van der Waals surface area contributed by atoms with Crippen LogP contribution in [-0.2, 0) is 4.79 Å². The summed E-state index contributed by atoms with van der Waals surface area (Å²) in [5.74, 6) is 0.886.